The summed E-state index contributed by atoms with van der Waals surface area (Å²) in [5.74, 6) is -5.63. The van der Waals surface area contributed by atoms with Gasteiger partial charge in [-0.25, -0.2) is 0 Å². The van der Waals surface area contributed by atoms with E-state index in [1.807, 2.05) is 60.7 Å². The number of ether oxygens (including phenoxy) is 1. The van der Waals surface area contributed by atoms with Gasteiger partial charge >= 0.3 is 12.1 Å². The second kappa shape index (κ2) is 13.3. The zero-order chi connectivity index (χ0) is 35.2. The third kappa shape index (κ3) is 6.24. The van der Waals surface area contributed by atoms with Gasteiger partial charge in [-0.1, -0.05) is 55.8 Å². The van der Waals surface area contributed by atoms with Gasteiger partial charge in [-0.2, -0.15) is 22.0 Å². The minimum Gasteiger partial charge on any atom is -0.497 e. The van der Waals surface area contributed by atoms with Crippen LogP contribution in [-0.2, 0) is 4.79 Å². The van der Waals surface area contributed by atoms with Crippen molar-refractivity contribution in [2.75, 3.05) is 19.0 Å². The molecule has 2 aromatic carbocycles. The lowest BCUT2D eigenvalue weighted by Gasteiger charge is -2.56. The van der Waals surface area contributed by atoms with E-state index >= 15 is 8.78 Å². The highest BCUT2D eigenvalue weighted by atomic mass is 19.4. The van der Waals surface area contributed by atoms with Crippen molar-refractivity contribution in [2.24, 2.45) is 17.3 Å². The molecule has 264 valence electrons. The minimum absolute atomic E-state index is 0.0326. The summed E-state index contributed by atoms with van der Waals surface area (Å²) in [5, 5.41) is 18.4. The first-order valence-electron chi connectivity index (χ1n) is 17.3. The predicted molar refractivity (Wildman–Crippen MR) is 180 cm³/mol. The maximum absolute atomic E-state index is 15.3. The van der Waals surface area contributed by atoms with Crippen LogP contribution >= 0.6 is 0 Å². The molecule has 0 heterocycles. The fourth-order valence-corrected chi connectivity index (χ4v) is 9.14. The van der Waals surface area contributed by atoms with Crippen LogP contribution in [0.4, 0.5) is 27.6 Å². The number of rotatable bonds is 10. The van der Waals surface area contributed by atoms with Crippen LogP contribution in [0, 0.1) is 17.3 Å². The smallest absolute Gasteiger partial charge is 0.456 e. The van der Waals surface area contributed by atoms with E-state index in [1.165, 1.54) is 6.92 Å². The number of hydrogen-bond donors (Lipinski definition) is 3. The molecule has 2 aromatic rings. The Kier molecular flexibility index (Phi) is 9.61. The van der Waals surface area contributed by atoms with E-state index in [1.54, 1.807) is 13.2 Å². The molecule has 4 aliphatic rings. The standard InChI is InChI=1S/C39H45F5N2O3/c1-4-34(46-27-12-15-29(49-3)16-13-27)45-21-5-6-24-7-9-25(10-8-24)32-23-36(2)33(19-20-37(36,48)38(40,41)39(42,43)44)31-17-11-26-22-28(47)14-18-30(26)35(31)32/h5-10,12-13,15-16,22,31-34,45-46,48H,4,11,14,17-21,23H2,1-3H3/b6-5+/t31?,32-,33?,34+,36?,37?/m1/s1. The first-order chi connectivity index (χ1) is 23.2. The van der Waals surface area contributed by atoms with Gasteiger partial charge in [0.15, 0.2) is 5.78 Å². The van der Waals surface area contributed by atoms with Crippen molar-refractivity contribution < 1.29 is 36.6 Å². The summed E-state index contributed by atoms with van der Waals surface area (Å²) in [4.78, 5) is 12.3. The lowest BCUT2D eigenvalue weighted by atomic mass is 9.50. The number of nitrogens with one attached hydrogen (secondary N) is 2. The van der Waals surface area contributed by atoms with Crippen molar-refractivity contribution in [3.8, 4) is 5.75 Å². The Balaban J connectivity index is 1.24. The first-order valence-corrected chi connectivity index (χ1v) is 17.3. The normalized spacial score (nSPS) is 29.3. The Morgan fingerprint density at radius 1 is 1.02 bits per heavy atom. The summed E-state index contributed by atoms with van der Waals surface area (Å²) in [6, 6.07) is 15.4. The van der Waals surface area contributed by atoms with Crippen molar-refractivity contribution in [2.45, 2.75) is 95.0 Å². The Hall–Kier alpha value is -3.50. The molecule has 6 atom stereocenters. The number of carbonyl (C=O) groups is 1. The van der Waals surface area contributed by atoms with Gasteiger partial charge in [0, 0.05) is 30.0 Å². The number of hydrogen-bond acceptors (Lipinski definition) is 5. The van der Waals surface area contributed by atoms with Gasteiger partial charge in [0.2, 0.25) is 0 Å². The van der Waals surface area contributed by atoms with Gasteiger partial charge in [0.1, 0.15) is 11.4 Å². The molecule has 0 saturated heterocycles. The Labute approximate surface area is 284 Å². The summed E-state index contributed by atoms with van der Waals surface area (Å²) in [6.07, 6.45) is 2.18. The first kappa shape index (κ1) is 35.3. The number of allylic oxidation sites excluding steroid dienone is 4. The number of methoxy groups -OCH3 is 1. The summed E-state index contributed by atoms with van der Waals surface area (Å²) in [6.45, 7) is 4.13. The Morgan fingerprint density at radius 3 is 2.39 bits per heavy atom. The number of anilines is 1. The topological polar surface area (TPSA) is 70.6 Å². The third-order valence-corrected chi connectivity index (χ3v) is 11.7. The van der Waals surface area contributed by atoms with E-state index in [2.05, 4.69) is 17.6 Å². The fraction of sp³-hybridized carbons (Fsp3) is 0.513. The SMILES string of the molecule is CC[C@@H](NC/C=C/c1ccc([C@H]2CC3(C)C(CCC3(O)C(F)(F)C(F)(F)F)C3CCC4=CC(=O)CCC4=C32)cc1)Nc1ccc(OC)cc1. The molecule has 2 fully saturated rings. The quantitative estimate of drug-likeness (QED) is 0.172. The van der Waals surface area contributed by atoms with Crippen molar-refractivity contribution in [1.82, 2.24) is 5.32 Å². The third-order valence-electron chi connectivity index (χ3n) is 11.7. The van der Waals surface area contributed by atoms with E-state index in [4.69, 9.17) is 4.74 Å². The zero-order valence-electron chi connectivity index (χ0n) is 28.2. The molecule has 0 radical (unpaired) electrons. The predicted octanol–water partition coefficient (Wildman–Crippen LogP) is 8.97. The molecule has 49 heavy (non-hydrogen) atoms. The van der Waals surface area contributed by atoms with Crippen LogP contribution in [0.5, 0.6) is 5.75 Å². The largest absolute Gasteiger partial charge is 0.497 e. The molecule has 0 aliphatic heterocycles. The monoisotopic (exact) mass is 684 g/mol. The highest BCUT2D eigenvalue weighted by molar-refractivity contribution is 5.93. The van der Waals surface area contributed by atoms with Crippen LogP contribution in [0.15, 0.2) is 77.4 Å². The molecular weight excluding hydrogens is 639 g/mol. The summed E-state index contributed by atoms with van der Waals surface area (Å²) in [7, 11) is 1.63. The van der Waals surface area contributed by atoms with Crippen molar-refractivity contribution >= 4 is 17.5 Å². The molecule has 0 spiro atoms. The van der Waals surface area contributed by atoms with Crippen LogP contribution < -0.4 is 15.4 Å². The number of fused-ring (bicyclic) bond motifs is 4. The maximum Gasteiger partial charge on any atom is 0.456 e. The highest BCUT2D eigenvalue weighted by Crippen LogP contribution is 2.70. The number of alkyl halides is 5. The summed E-state index contributed by atoms with van der Waals surface area (Å²) < 4.78 is 77.3. The van der Waals surface area contributed by atoms with Gasteiger partial charge in [-0.05, 0) is 109 Å². The second-order valence-corrected chi connectivity index (χ2v) is 14.3. The number of benzene rings is 2. The molecule has 2 saturated carbocycles. The van der Waals surface area contributed by atoms with E-state index in [0.717, 1.165) is 45.7 Å². The van der Waals surface area contributed by atoms with Crippen molar-refractivity contribution in [3.05, 3.63) is 88.5 Å². The number of halogens is 5. The van der Waals surface area contributed by atoms with Crippen LogP contribution in [-0.4, -0.2) is 48.4 Å². The number of ketones is 1. The van der Waals surface area contributed by atoms with Crippen LogP contribution in [0.25, 0.3) is 6.08 Å². The van der Waals surface area contributed by atoms with Gasteiger partial charge in [-0.15, -0.1) is 0 Å². The van der Waals surface area contributed by atoms with E-state index in [0.29, 0.717) is 32.2 Å². The molecule has 10 heteroatoms. The van der Waals surface area contributed by atoms with Crippen molar-refractivity contribution in [3.63, 3.8) is 0 Å². The molecular formula is C39H45F5N2O3. The van der Waals surface area contributed by atoms with Gasteiger partial charge in [-0.3, -0.25) is 10.1 Å². The number of aliphatic hydroxyl groups is 1. The lowest BCUT2D eigenvalue weighted by molar-refractivity contribution is -0.362. The molecule has 0 bridgehead atoms. The van der Waals surface area contributed by atoms with E-state index in [-0.39, 0.29) is 30.7 Å². The van der Waals surface area contributed by atoms with Gasteiger partial charge < -0.3 is 15.2 Å². The minimum atomic E-state index is -5.87. The summed E-state index contributed by atoms with van der Waals surface area (Å²) in [5.41, 5.74) is 0.910. The Morgan fingerprint density at radius 2 is 1.73 bits per heavy atom. The van der Waals surface area contributed by atoms with Crippen LogP contribution in [0.1, 0.15) is 82.3 Å². The van der Waals surface area contributed by atoms with Crippen LogP contribution in [0.3, 0.4) is 0 Å². The van der Waals surface area contributed by atoms with Gasteiger partial charge in [0.05, 0.1) is 13.3 Å². The molecule has 0 aromatic heterocycles. The van der Waals surface area contributed by atoms with Gasteiger partial charge in [0.25, 0.3) is 0 Å². The second-order valence-electron chi connectivity index (χ2n) is 14.3. The molecule has 3 N–H and O–H groups in total. The fourth-order valence-electron chi connectivity index (χ4n) is 9.14. The summed E-state index contributed by atoms with van der Waals surface area (Å²) >= 11 is 0. The molecule has 4 unspecified atom stereocenters. The lowest BCUT2D eigenvalue weighted by Crippen LogP contribution is -2.65. The molecule has 0 amide bonds. The zero-order valence-corrected chi connectivity index (χ0v) is 28.2. The van der Waals surface area contributed by atoms with E-state index in [9.17, 15) is 23.1 Å². The molecule has 6 rings (SSSR count). The maximum atomic E-state index is 15.3. The molecule has 4 aliphatic carbocycles. The molecule has 5 nitrogen and oxygen atoms in total. The highest BCUT2D eigenvalue weighted by Gasteiger charge is 2.79. The average Bonchev–Trinajstić information content (AvgIpc) is 3.36. The average molecular weight is 685 g/mol. The van der Waals surface area contributed by atoms with E-state index < -0.39 is 41.4 Å². The van der Waals surface area contributed by atoms with Crippen molar-refractivity contribution in [1.29, 1.82) is 0 Å². The van der Waals surface area contributed by atoms with Crippen LogP contribution in [0.2, 0.25) is 0 Å². The number of carbonyl (C=O) groups excluding carboxylic acids is 1. The Bertz CT molecular complexity index is 1630.